The maximum atomic E-state index is 5.03. The van der Waals surface area contributed by atoms with Crippen LogP contribution in [0, 0.1) is 0 Å². The van der Waals surface area contributed by atoms with Gasteiger partial charge in [-0.25, -0.2) is 0 Å². The molecule has 0 spiro atoms. The molecule has 1 aliphatic heterocycles. The molecule has 0 bridgehead atoms. The van der Waals surface area contributed by atoms with Gasteiger partial charge in [0.1, 0.15) is 11.5 Å². The van der Waals surface area contributed by atoms with E-state index in [9.17, 15) is 0 Å². The molecular formula is C33H38N6. The van der Waals surface area contributed by atoms with Crippen molar-refractivity contribution in [2.45, 2.75) is 44.3 Å². The highest BCUT2D eigenvalue weighted by Gasteiger charge is 2.33. The van der Waals surface area contributed by atoms with Gasteiger partial charge >= 0.3 is 0 Å². The van der Waals surface area contributed by atoms with E-state index in [0.717, 1.165) is 68.1 Å². The van der Waals surface area contributed by atoms with Gasteiger partial charge < -0.3 is 14.8 Å². The van der Waals surface area contributed by atoms with Gasteiger partial charge in [-0.1, -0.05) is 60.7 Å². The van der Waals surface area contributed by atoms with Crippen molar-refractivity contribution >= 4 is 22.8 Å². The third kappa shape index (κ3) is 4.85. The number of nitrogens with one attached hydrogen (secondary N) is 1. The van der Waals surface area contributed by atoms with Crippen LogP contribution in [0.3, 0.4) is 0 Å². The van der Waals surface area contributed by atoms with Crippen LogP contribution in [0.1, 0.15) is 41.1 Å². The number of nitrogens with zero attached hydrogens (tertiary/aromatic N) is 5. The molecule has 1 N–H and O–H groups in total. The molecule has 0 atom stereocenters. The number of aromatic nitrogens is 3. The molecule has 1 fully saturated rings. The number of hydrogen-bond donors (Lipinski definition) is 1. The third-order valence-corrected chi connectivity index (χ3v) is 8.44. The minimum absolute atomic E-state index is 0.279. The maximum Gasteiger partial charge on any atom is 0.229 e. The zero-order valence-electron chi connectivity index (χ0n) is 22.9. The van der Waals surface area contributed by atoms with Crippen LogP contribution in [0.5, 0.6) is 0 Å². The average molecular weight is 519 g/mol. The molecule has 4 aromatic rings. The Morgan fingerprint density at radius 2 is 1.59 bits per heavy atom. The Labute approximate surface area is 231 Å². The van der Waals surface area contributed by atoms with E-state index in [0.29, 0.717) is 12.6 Å². The molecule has 1 saturated heterocycles. The predicted molar refractivity (Wildman–Crippen MR) is 162 cm³/mol. The molecule has 2 aromatic heterocycles. The summed E-state index contributed by atoms with van der Waals surface area (Å²) in [5.41, 5.74) is 6.82. The summed E-state index contributed by atoms with van der Waals surface area (Å²) in [5.74, 6) is 1.66. The average Bonchev–Trinajstić information content (AvgIpc) is 3.30. The topological polar surface area (TPSA) is 49.2 Å². The lowest BCUT2D eigenvalue weighted by atomic mass is 9.91. The van der Waals surface area contributed by atoms with E-state index in [1.807, 2.05) is 12.2 Å². The van der Waals surface area contributed by atoms with E-state index in [-0.39, 0.29) is 6.04 Å². The number of fused-ring (bicyclic) bond motifs is 3. The molecule has 6 rings (SSSR count). The number of rotatable bonds is 8. The quantitative estimate of drug-likeness (QED) is 0.290. The van der Waals surface area contributed by atoms with Crippen LogP contribution < -0.4 is 10.2 Å². The van der Waals surface area contributed by atoms with Crippen molar-refractivity contribution in [3.8, 4) is 0 Å². The van der Waals surface area contributed by atoms with Crippen LogP contribution in [-0.4, -0.2) is 52.2 Å². The number of piperidine rings is 1. The molecule has 2 aromatic carbocycles. The number of hydrogen-bond acceptors (Lipinski definition) is 5. The van der Waals surface area contributed by atoms with Crippen molar-refractivity contribution in [2.75, 3.05) is 36.9 Å². The standard InChI is InChI=1S/C33H38N6/c1-4-19-34-31-29-18-23-38(20-5-2)32(29)36-33(35-31)39-21-16-26(17-22-39)37(3)30-27-12-8-6-10-24(27)14-15-25-11-7-9-13-28(25)30/h4-13,18,23,26,30H,1-2,14-17,19-22H2,3H3,(H,34,35,36). The van der Waals surface area contributed by atoms with Crippen LogP contribution in [0.4, 0.5) is 11.8 Å². The zero-order chi connectivity index (χ0) is 26.8. The monoisotopic (exact) mass is 518 g/mol. The van der Waals surface area contributed by atoms with Crippen molar-refractivity contribution in [1.29, 1.82) is 0 Å². The lowest BCUT2D eigenvalue weighted by Crippen LogP contribution is -2.45. The van der Waals surface area contributed by atoms with E-state index in [4.69, 9.17) is 9.97 Å². The second-order valence-electron chi connectivity index (χ2n) is 10.7. The van der Waals surface area contributed by atoms with Gasteiger partial charge in [-0.2, -0.15) is 9.97 Å². The van der Waals surface area contributed by atoms with Crippen molar-refractivity contribution in [3.05, 3.63) is 108 Å². The molecule has 6 nitrogen and oxygen atoms in total. The number of allylic oxidation sites excluding steroid dienone is 1. The molecule has 0 radical (unpaired) electrons. The summed E-state index contributed by atoms with van der Waals surface area (Å²) in [6.07, 6.45) is 10.2. The molecule has 0 saturated carbocycles. The van der Waals surface area contributed by atoms with Gasteiger partial charge in [0.25, 0.3) is 0 Å². The summed E-state index contributed by atoms with van der Waals surface area (Å²) in [6, 6.07) is 20.9. The highest BCUT2D eigenvalue weighted by molar-refractivity contribution is 5.88. The Morgan fingerprint density at radius 3 is 2.23 bits per heavy atom. The van der Waals surface area contributed by atoms with Crippen LogP contribution in [0.15, 0.2) is 86.1 Å². The first-order valence-corrected chi connectivity index (χ1v) is 14.1. The van der Waals surface area contributed by atoms with Gasteiger partial charge in [0.15, 0.2) is 0 Å². The first-order chi connectivity index (χ1) is 19.2. The minimum atomic E-state index is 0.279. The third-order valence-electron chi connectivity index (χ3n) is 8.44. The summed E-state index contributed by atoms with van der Waals surface area (Å²) in [4.78, 5) is 15.0. The number of aryl methyl sites for hydroxylation is 2. The lowest BCUT2D eigenvalue weighted by molar-refractivity contribution is 0.169. The SMILES string of the molecule is C=CCNc1nc(N2CCC(N(C)C3c4ccccc4CCc4ccccc43)CC2)nc2c1ccn2CC=C. The van der Waals surface area contributed by atoms with Crippen molar-refractivity contribution in [3.63, 3.8) is 0 Å². The summed E-state index contributed by atoms with van der Waals surface area (Å²) in [7, 11) is 2.33. The Balaban J connectivity index is 1.26. The van der Waals surface area contributed by atoms with Crippen molar-refractivity contribution in [2.24, 2.45) is 0 Å². The van der Waals surface area contributed by atoms with Gasteiger partial charge in [-0.05, 0) is 61.1 Å². The van der Waals surface area contributed by atoms with E-state index < -0.39 is 0 Å². The molecule has 0 unspecified atom stereocenters. The van der Waals surface area contributed by atoms with Gasteiger partial charge in [-0.3, -0.25) is 4.90 Å². The first-order valence-electron chi connectivity index (χ1n) is 14.1. The van der Waals surface area contributed by atoms with E-state index >= 15 is 0 Å². The zero-order valence-corrected chi connectivity index (χ0v) is 22.9. The molecule has 6 heteroatoms. The Morgan fingerprint density at radius 1 is 0.923 bits per heavy atom. The van der Waals surface area contributed by atoms with Gasteiger partial charge in [0.05, 0.1) is 11.4 Å². The number of anilines is 2. The van der Waals surface area contributed by atoms with Crippen LogP contribution in [-0.2, 0) is 19.4 Å². The summed E-state index contributed by atoms with van der Waals surface area (Å²) in [5, 5.41) is 4.45. The smallest absolute Gasteiger partial charge is 0.229 e. The van der Waals surface area contributed by atoms with Crippen LogP contribution in [0.2, 0.25) is 0 Å². The molecule has 3 heterocycles. The normalized spacial score (nSPS) is 16.1. The van der Waals surface area contributed by atoms with E-state index in [2.05, 4.69) is 101 Å². The molecule has 2 aliphatic rings. The Hall–Kier alpha value is -3.90. The Bertz CT molecular complexity index is 1430. The van der Waals surface area contributed by atoms with Crippen molar-refractivity contribution in [1.82, 2.24) is 19.4 Å². The van der Waals surface area contributed by atoms with Gasteiger partial charge in [0, 0.05) is 38.4 Å². The summed E-state index contributed by atoms with van der Waals surface area (Å²) in [6.45, 7) is 11.0. The number of benzene rings is 2. The molecular weight excluding hydrogens is 480 g/mol. The van der Waals surface area contributed by atoms with Crippen molar-refractivity contribution < 1.29 is 0 Å². The highest BCUT2D eigenvalue weighted by atomic mass is 15.3. The van der Waals surface area contributed by atoms with Gasteiger partial charge in [-0.15, -0.1) is 13.2 Å². The van der Waals surface area contributed by atoms with E-state index in [1.54, 1.807) is 0 Å². The molecule has 1 aliphatic carbocycles. The Kier molecular flexibility index (Phi) is 7.20. The minimum Gasteiger partial charge on any atom is -0.366 e. The maximum absolute atomic E-state index is 5.03. The second kappa shape index (κ2) is 11.1. The molecule has 200 valence electrons. The highest BCUT2D eigenvalue weighted by Crippen LogP contribution is 2.38. The largest absolute Gasteiger partial charge is 0.366 e. The second-order valence-corrected chi connectivity index (χ2v) is 10.7. The predicted octanol–water partition coefficient (Wildman–Crippen LogP) is 6.00. The fraction of sp³-hybridized carbons (Fsp3) is 0.333. The fourth-order valence-electron chi connectivity index (χ4n) is 6.40. The summed E-state index contributed by atoms with van der Waals surface area (Å²) >= 11 is 0. The van der Waals surface area contributed by atoms with E-state index in [1.165, 1.54) is 22.3 Å². The first kappa shape index (κ1) is 25.4. The molecule has 0 amide bonds. The molecule has 39 heavy (non-hydrogen) atoms. The summed E-state index contributed by atoms with van der Waals surface area (Å²) < 4.78 is 2.13. The van der Waals surface area contributed by atoms with Crippen LogP contribution in [0.25, 0.3) is 11.0 Å². The van der Waals surface area contributed by atoms with Gasteiger partial charge in [0.2, 0.25) is 5.95 Å². The fourth-order valence-corrected chi connectivity index (χ4v) is 6.40. The van der Waals surface area contributed by atoms with Crippen LogP contribution >= 0.6 is 0 Å². The lowest BCUT2D eigenvalue weighted by Gasteiger charge is -2.41.